The molecule has 2 heterocycles. The summed E-state index contributed by atoms with van der Waals surface area (Å²) in [6.45, 7) is 4.84. The molecule has 0 aromatic carbocycles. The molecule has 0 aliphatic carbocycles. The normalized spacial score (nSPS) is 16.2. The van der Waals surface area contributed by atoms with Crippen molar-refractivity contribution in [3.8, 4) is 0 Å². The average molecular weight is 355 g/mol. The summed E-state index contributed by atoms with van der Waals surface area (Å²) in [5, 5.41) is 0. The molecule has 0 radical (unpaired) electrons. The minimum Gasteiger partial charge on any atom is -0.347 e. The van der Waals surface area contributed by atoms with Crippen LogP contribution in [0.3, 0.4) is 0 Å². The molecule has 1 aliphatic rings. The molecule has 0 saturated carbocycles. The van der Waals surface area contributed by atoms with E-state index >= 15 is 0 Å². The zero-order chi connectivity index (χ0) is 17.9. The van der Waals surface area contributed by atoms with Gasteiger partial charge in [-0.05, 0) is 13.0 Å². The van der Waals surface area contributed by atoms with Crippen LogP contribution >= 0.6 is 0 Å². The Labute approximate surface area is 143 Å². The van der Waals surface area contributed by atoms with E-state index in [1.165, 1.54) is 6.26 Å². The van der Waals surface area contributed by atoms with Crippen molar-refractivity contribution in [1.29, 1.82) is 0 Å². The lowest BCUT2D eigenvalue weighted by atomic mass is 10.2. The Kier molecular flexibility index (Phi) is 5.76. The zero-order valence-electron chi connectivity index (χ0n) is 14.7. The maximum absolute atomic E-state index is 12.7. The number of piperazine rings is 1. The van der Waals surface area contributed by atoms with Crippen LogP contribution < -0.4 is 4.90 Å². The highest BCUT2D eigenvalue weighted by atomic mass is 32.2. The van der Waals surface area contributed by atoms with Gasteiger partial charge in [0.2, 0.25) is 5.95 Å². The summed E-state index contributed by atoms with van der Waals surface area (Å²) in [6.07, 6.45) is 1.24. The Morgan fingerprint density at radius 1 is 1.21 bits per heavy atom. The number of carbonyl (C=O) groups is 1. The van der Waals surface area contributed by atoms with Crippen molar-refractivity contribution in [2.24, 2.45) is 0 Å². The van der Waals surface area contributed by atoms with Gasteiger partial charge in [0, 0.05) is 58.8 Å². The lowest BCUT2D eigenvalue weighted by molar-refractivity contribution is 0.0638. The highest BCUT2D eigenvalue weighted by Crippen LogP contribution is 2.12. The summed E-state index contributed by atoms with van der Waals surface area (Å²) in [4.78, 5) is 26.9. The van der Waals surface area contributed by atoms with Crippen molar-refractivity contribution >= 4 is 21.7 Å². The number of sulfone groups is 1. The monoisotopic (exact) mass is 355 g/mol. The molecule has 1 saturated heterocycles. The first kappa shape index (κ1) is 18.6. The van der Waals surface area contributed by atoms with Crippen molar-refractivity contribution in [2.75, 3.05) is 63.7 Å². The summed E-state index contributed by atoms with van der Waals surface area (Å²) >= 11 is 0. The van der Waals surface area contributed by atoms with Gasteiger partial charge in [-0.25, -0.2) is 18.4 Å². The molecule has 0 unspecified atom stereocenters. The van der Waals surface area contributed by atoms with Crippen LogP contribution in [-0.2, 0) is 9.84 Å². The smallest absolute Gasteiger partial charge is 0.272 e. The van der Waals surface area contributed by atoms with Gasteiger partial charge in [0.1, 0.15) is 15.5 Å². The molecule has 2 rings (SSSR count). The predicted molar refractivity (Wildman–Crippen MR) is 93.2 cm³/mol. The molecule has 0 bridgehead atoms. The number of aromatic nitrogens is 2. The molecule has 1 aromatic heterocycles. The number of rotatable bonds is 5. The largest absolute Gasteiger partial charge is 0.347 e. The number of amides is 1. The van der Waals surface area contributed by atoms with Crippen molar-refractivity contribution in [3.05, 3.63) is 17.5 Å². The predicted octanol–water partition coefficient (Wildman–Crippen LogP) is -0.347. The van der Waals surface area contributed by atoms with Gasteiger partial charge < -0.3 is 9.80 Å². The summed E-state index contributed by atoms with van der Waals surface area (Å²) in [6, 6.07) is 1.70. The number of nitrogens with zero attached hydrogens (tertiary/aromatic N) is 5. The molecule has 8 nitrogen and oxygen atoms in total. The first-order valence-electron chi connectivity index (χ1n) is 7.88. The van der Waals surface area contributed by atoms with E-state index in [9.17, 15) is 13.2 Å². The third kappa shape index (κ3) is 5.13. The van der Waals surface area contributed by atoms with Crippen LogP contribution in [-0.4, -0.2) is 92.9 Å². The average Bonchev–Trinajstić information content (AvgIpc) is 2.51. The number of aryl methyl sites for hydroxylation is 1. The van der Waals surface area contributed by atoms with E-state index in [4.69, 9.17) is 0 Å². The highest BCUT2D eigenvalue weighted by molar-refractivity contribution is 7.90. The first-order valence-corrected chi connectivity index (χ1v) is 9.94. The van der Waals surface area contributed by atoms with Crippen LogP contribution in [0, 0.1) is 6.92 Å². The van der Waals surface area contributed by atoms with Crippen LogP contribution in [0.15, 0.2) is 6.07 Å². The molecule has 1 aromatic rings. The quantitative estimate of drug-likeness (QED) is 0.714. The molecule has 1 amide bonds. The van der Waals surface area contributed by atoms with E-state index < -0.39 is 9.84 Å². The Bertz CT molecular complexity index is 697. The third-order valence-electron chi connectivity index (χ3n) is 3.90. The number of anilines is 1. The van der Waals surface area contributed by atoms with Gasteiger partial charge in [-0.15, -0.1) is 0 Å². The topological polar surface area (TPSA) is 86.7 Å². The molecule has 24 heavy (non-hydrogen) atoms. The Hall–Kier alpha value is -1.74. The van der Waals surface area contributed by atoms with Gasteiger partial charge in [0.15, 0.2) is 0 Å². The molecule has 0 spiro atoms. The van der Waals surface area contributed by atoms with Crippen molar-refractivity contribution in [2.45, 2.75) is 6.92 Å². The van der Waals surface area contributed by atoms with Gasteiger partial charge >= 0.3 is 0 Å². The highest BCUT2D eigenvalue weighted by Gasteiger charge is 2.24. The maximum atomic E-state index is 12.7. The number of carbonyl (C=O) groups excluding carboxylic acids is 1. The third-order valence-corrected chi connectivity index (χ3v) is 4.82. The fraction of sp³-hybridized carbons (Fsp3) is 0.667. The molecule has 9 heteroatoms. The zero-order valence-corrected chi connectivity index (χ0v) is 15.5. The van der Waals surface area contributed by atoms with E-state index in [0.29, 0.717) is 44.4 Å². The van der Waals surface area contributed by atoms with Gasteiger partial charge in [-0.3, -0.25) is 9.69 Å². The second-order valence-corrected chi connectivity index (χ2v) is 8.61. The van der Waals surface area contributed by atoms with Crippen molar-refractivity contribution < 1.29 is 13.2 Å². The lowest BCUT2D eigenvalue weighted by Gasteiger charge is -2.34. The van der Waals surface area contributed by atoms with E-state index in [0.717, 1.165) is 5.69 Å². The Morgan fingerprint density at radius 2 is 1.83 bits per heavy atom. The molecule has 1 aliphatic heterocycles. The second-order valence-electron chi connectivity index (χ2n) is 6.35. The lowest BCUT2D eigenvalue weighted by Crippen LogP contribution is -2.49. The van der Waals surface area contributed by atoms with E-state index in [-0.39, 0.29) is 11.7 Å². The van der Waals surface area contributed by atoms with Crippen LogP contribution in [0.5, 0.6) is 0 Å². The van der Waals surface area contributed by atoms with E-state index in [1.807, 2.05) is 21.0 Å². The minimum atomic E-state index is -2.96. The molecule has 1 fully saturated rings. The fourth-order valence-corrected chi connectivity index (χ4v) is 3.08. The van der Waals surface area contributed by atoms with Crippen LogP contribution in [0.25, 0.3) is 0 Å². The van der Waals surface area contributed by atoms with Gasteiger partial charge in [-0.2, -0.15) is 0 Å². The minimum absolute atomic E-state index is 0.105. The summed E-state index contributed by atoms with van der Waals surface area (Å²) < 4.78 is 22.5. The van der Waals surface area contributed by atoms with Gasteiger partial charge in [0.05, 0.1) is 5.75 Å². The molecular formula is C15H25N5O3S. The van der Waals surface area contributed by atoms with E-state index in [1.54, 1.807) is 15.9 Å². The SMILES string of the molecule is Cc1cc(C(=O)N2CCN(CCS(C)(=O)=O)CC2)nc(N(C)C)n1. The standard InChI is InChI=1S/C15H25N5O3S/c1-12-11-13(17-15(16-12)18(2)3)14(21)20-7-5-19(6-8-20)9-10-24(4,22)23/h11H,5-10H2,1-4H3. The second kappa shape index (κ2) is 7.43. The Morgan fingerprint density at radius 3 is 2.38 bits per heavy atom. The molecule has 0 N–H and O–H groups in total. The number of hydrogen-bond donors (Lipinski definition) is 0. The summed E-state index contributed by atoms with van der Waals surface area (Å²) in [7, 11) is 0.716. The number of hydrogen-bond acceptors (Lipinski definition) is 7. The van der Waals surface area contributed by atoms with Crippen LogP contribution in [0.2, 0.25) is 0 Å². The van der Waals surface area contributed by atoms with E-state index in [2.05, 4.69) is 14.9 Å². The fourth-order valence-electron chi connectivity index (χ4n) is 2.49. The summed E-state index contributed by atoms with van der Waals surface area (Å²) in [5.41, 5.74) is 1.15. The summed E-state index contributed by atoms with van der Waals surface area (Å²) in [5.74, 6) is 0.564. The van der Waals surface area contributed by atoms with Gasteiger partial charge in [-0.1, -0.05) is 0 Å². The maximum Gasteiger partial charge on any atom is 0.272 e. The molecule has 0 atom stereocenters. The Balaban J connectivity index is 1.98. The van der Waals surface area contributed by atoms with Crippen LogP contribution in [0.4, 0.5) is 5.95 Å². The van der Waals surface area contributed by atoms with Gasteiger partial charge in [0.25, 0.3) is 5.91 Å². The van der Waals surface area contributed by atoms with Crippen LogP contribution in [0.1, 0.15) is 16.2 Å². The first-order chi connectivity index (χ1) is 11.2. The molecular weight excluding hydrogens is 330 g/mol. The van der Waals surface area contributed by atoms with Crippen molar-refractivity contribution in [3.63, 3.8) is 0 Å². The molecule has 134 valence electrons. The van der Waals surface area contributed by atoms with Crippen molar-refractivity contribution in [1.82, 2.24) is 19.8 Å².